The highest BCUT2D eigenvalue weighted by Crippen LogP contribution is 2.11. The van der Waals surface area contributed by atoms with Crippen LogP contribution in [0.4, 0.5) is 4.39 Å². The topological polar surface area (TPSA) is 38.8 Å². The lowest BCUT2D eigenvalue weighted by atomic mass is 10.2. The van der Waals surface area contributed by atoms with Gasteiger partial charge in [0, 0.05) is 11.8 Å². The number of terminal acetylenes is 1. The highest BCUT2D eigenvalue weighted by atomic mass is 19.1. The van der Waals surface area contributed by atoms with Gasteiger partial charge in [0.25, 0.3) is 0 Å². The molecule has 2 aromatic rings. The highest BCUT2D eigenvalue weighted by Gasteiger charge is 2.17. The molecule has 4 nitrogen and oxygen atoms in total. The molecule has 0 aliphatic rings. The van der Waals surface area contributed by atoms with Crippen molar-refractivity contribution in [3.63, 3.8) is 0 Å². The molecule has 0 aliphatic carbocycles. The Morgan fingerprint density at radius 2 is 2.15 bits per heavy atom. The summed E-state index contributed by atoms with van der Waals surface area (Å²) >= 11 is 0. The fourth-order valence-electron chi connectivity index (χ4n) is 2.91. The predicted molar refractivity (Wildman–Crippen MR) is 100 cm³/mol. The Kier molecular flexibility index (Phi) is 8.10. The second-order valence-electron chi connectivity index (χ2n) is 6.22. The van der Waals surface area contributed by atoms with E-state index in [1.165, 1.54) is 6.07 Å². The molecule has 2 rings (SSSR count). The number of halogens is 1. The number of rotatable bonds is 11. The summed E-state index contributed by atoms with van der Waals surface area (Å²) in [5, 5.41) is 10.1. The van der Waals surface area contributed by atoms with E-state index in [-0.39, 0.29) is 19.0 Å². The smallest absolute Gasteiger partial charge is 0.128 e. The second kappa shape index (κ2) is 10.6. The van der Waals surface area contributed by atoms with Crippen LogP contribution in [0, 0.1) is 18.2 Å². The van der Waals surface area contributed by atoms with Gasteiger partial charge < -0.3 is 19.3 Å². The van der Waals surface area contributed by atoms with E-state index in [9.17, 15) is 9.50 Å². The van der Waals surface area contributed by atoms with Gasteiger partial charge >= 0.3 is 0 Å². The standard InChI is InChI=1S/C21H25FN2O2/c1-3-11-23(16-20(25)17-26-13-4-2)15-19-9-7-12-24(19)14-18-8-5-6-10-21(18)22/h2-3,5-10,12,20,25H,1,11,13-17H2/p+1/t20-/m1/s1. The van der Waals surface area contributed by atoms with E-state index in [1.54, 1.807) is 12.1 Å². The van der Waals surface area contributed by atoms with Crippen molar-refractivity contribution in [3.8, 4) is 12.3 Å². The second-order valence-corrected chi connectivity index (χ2v) is 6.22. The van der Waals surface area contributed by atoms with Gasteiger partial charge in [0.1, 0.15) is 31.6 Å². The summed E-state index contributed by atoms with van der Waals surface area (Å²) in [4.78, 5) is 1.14. The van der Waals surface area contributed by atoms with Crippen molar-refractivity contribution in [2.45, 2.75) is 19.2 Å². The molecule has 0 bridgehead atoms. The maximum absolute atomic E-state index is 13.9. The van der Waals surface area contributed by atoms with Gasteiger partial charge in [-0.25, -0.2) is 4.39 Å². The van der Waals surface area contributed by atoms with Gasteiger partial charge in [-0.15, -0.1) is 6.42 Å². The van der Waals surface area contributed by atoms with Crippen LogP contribution in [0.5, 0.6) is 0 Å². The molecule has 26 heavy (non-hydrogen) atoms. The molecule has 1 aromatic carbocycles. The molecule has 0 amide bonds. The zero-order valence-electron chi connectivity index (χ0n) is 14.9. The van der Waals surface area contributed by atoms with E-state index in [0.29, 0.717) is 31.7 Å². The van der Waals surface area contributed by atoms with Crippen LogP contribution in [0.3, 0.4) is 0 Å². The van der Waals surface area contributed by atoms with Crippen molar-refractivity contribution in [1.82, 2.24) is 4.57 Å². The van der Waals surface area contributed by atoms with Gasteiger partial charge in [0.2, 0.25) is 0 Å². The molecule has 2 N–H and O–H groups in total. The van der Waals surface area contributed by atoms with Crippen LogP contribution in [-0.4, -0.2) is 42.1 Å². The van der Waals surface area contributed by atoms with Crippen LogP contribution in [-0.2, 0) is 17.8 Å². The number of aliphatic hydroxyl groups is 1. The molecule has 0 saturated carbocycles. The Morgan fingerprint density at radius 1 is 1.35 bits per heavy atom. The summed E-state index contributed by atoms with van der Waals surface area (Å²) in [7, 11) is 0. The number of ether oxygens (including phenoxy) is 1. The SMILES string of the molecule is C#CCOC[C@H](O)C[NH+](CC=C)Cc1cccn1Cc1ccccc1F. The first kappa shape index (κ1) is 19.9. The minimum atomic E-state index is -0.603. The molecule has 1 aromatic heterocycles. The summed E-state index contributed by atoms with van der Waals surface area (Å²) in [6.45, 7) is 6.59. The summed E-state index contributed by atoms with van der Waals surface area (Å²) in [5.74, 6) is 2.18. The third kappa shape index (κ3) is 6.16. The van der Waals surface area contributed by atoms with Crippen LogP contribution in [0.2, 0.25) is 0 Å². The average Bonchev–Trinajstić information content (AvgIpc) is 3.04. The fourth-order valence-corrected chi connectivity index (χ4v) is 2.91. The van der Waals surface area contributed by atoms with Gasteiger partial charge in [-0.05, 0) is 24.3 Å². The highest BCUT2D eigenvalue weighted by molar-refractivity contribution is 5.19. The van der Waals surface area contributed by atoms with E-state index < -0.39 is 6.10 Å². The molecular formula is C21H26FN2O2+. The number of nitrogens with zero attached hydrogens (tertiary/aromatic N) is 1. The summed E-state index contributed by atoms with van der Waals surface area (Å²) in [6.07, 6.45) is 8.31. The zero-order chi connectivity index (χ0) is 18.8. The molecule has 1 heterocycles. The maximum Gasteiger partial charge on any atom is 0.128 e. The summed E-state index contributed by atoms with van der Waals surface area (Å²) < 4.78 is 21.2. The lowest BCUT2D eigenvalue weighted by Gasteiger charge is -2.22. The predicted octanol–water partition coefficient (Wildman–Crippen LogP) is 1.26. The number of aliphatic hydroxyl groups excluding tert-OH is 1. The van der Waals surface area contributed by atoms with Gasteiger partial charge in [-0.3, -0.25) is 0 Å². The van der Waals surface area contributed by atoms with Gasteiger partial charge in [0.15, 0.2) is 0 Å². The monoisotopic (exact) mass is 357 g/mol. The van der Waals surface area contributed by atoms with E-state index in [1.807, 2.05) is 35.0 Å². The van der Waals surface area contributed by atoms with Crippen LogP contribution >= 0.6 is 0 Å². The van der Waals surface area contributed by atoms with Crippen molar-refractivity contribution in [3.05, 3.63) is 72.3 Å². The van der Waals surface area contributed by atoms with Crippen molar-refractivity contribution in [2.75, 3.05) is 26.3 Å². The molecule has 0 fully saturated rings. The zero-order valence-corrected chi connectivity index (χ0v) is 14.9. The average molecular weight is 357 g/mol. The Balaban J connectivity index is 2.01. The van der Waals surface area contributed by atoms with Crippen molar-refractivity contribution < 1.29 is 19.1 Å². The first-order chi connectivity index (χ1) is 12.6. The minimum Gasteiger partial charge on any atom is -0.385 e. The third-order valence-corrected chi connectivity index (χ3v) is 4.11. The number of hydrogen-bond donors (Lipinski definition) is 2. The molecule has 138 valence electrons. The number of hydrogen-bond acceptors (Lipinski definition) is 2. The van der Waals surface area contributed by atoms with Gasteiger partial charge in [-0.2, -0.15) is 0 Å². The van der Waals surface area contributed by atoms with E-state index in [4.69, 9.17) is 11.2 Å². The molecule has 0 spiro atoms. The molecular weight excluding hydrogens is 331 g/mol. The summed E-state index contributed by atoms with van der Waals surface area (Å²) in [5.41, 5.74) is 1.72. The minimum absolute atomic E-state index is 0.194. The third-order valence-electron chi connectivity index (χ3n) is 4.11. The quantitative estimate of drug-likeness (QED) is 0.361. The lowest BCUT2D eigenvalue weighted by Crippen LogP contribution is -3.11. The number of aromatic nitrogens is 1. The normalized spacial score (nSPS) is 13.1. The molecule has 5 heteroatoms. The molecule has 0 radical (unpaired) electrons. The Labute approximate surface area is 154 Å². The molecule has 0 saturated heterocycles. The number of nitrogens with one attached hydrogen (secondary N) is 1. The summed E-state index contributed by atoms with van der Waals surface area (Å²) in [6, 6.07) is 10.8. The maximum atomic E-state index is 13.9. The van der Waals surface area contributed by atoms with Gasteiger partial charge in [0.05, 0.1) is 25.4 Å². The van der Waals surface area contributed by atoms with E-state index in [2.05, 4.69) is 12.5 Å². The van der Waals surface area contributed by atoms with Crippen LogP contribution in [0.15, 0.2) is 55.3 Å². The molecule has 2 atom stereocenters. The lowest BCUT2D eigenvalue weighted by molar-refractivity contribution is -0.911. The first-order valence-electron chi connectivity index (χ1n) is 8.65. The largest absolute Gasteiger partial charge is 0.385 e. The van der Waals surface area contributed by atoms with Crippen molar-refractivity contribution in [1.29, 1.82) is 0 Å². The van der Waals surface area contributed by atoms with Crippen LogP contribution < -0.4 is 4.90 Å². The van der Waals surface area contributed by atoms with E-state index in [0.717, 1.165) is 10.6 Å². The van der Waals surface area contributed by atoms with Crippen LogP contribution in [0.25, 0.3) is 0 Å². The number of benzene rings is 1. The van der Waals surface area contributed by atoms with Crippen molar-refractivity contribution >= 4 is 0 Å². The van der Waals surface area contributed by atoms with Crippen LogP contribution in [0.1, 0.15) is 11.3 Å². The molecule has 0 aliphatic heterocycles. The van der Waals surface area contributed by atoms with Gasteiger partial charge in [-0.1, -0.05) is 30.7 Å². The number of quaternary nitrogens is 1. The Morgan fingerprint density at radius 3 is 2.88 bits per heavy atom. The Hall–Kier alpha value is -2.39. The molecule has 1 unspecified atom stereocenters. The fraction of sp³-hybridized carbons (Fsp3) is 0.333. The Bertz CT molecular complexity index is 736. The van der Waals surface area contributed by atoms with E-state index >= 15 is 0 Å². The first-order valence-corrected chi connectivity index (χ1v) is 8.65. The van der Waals surface area contributed by atoms with Crippen molar-refractivity contribution in [2.24, 2.45) is 0 Å².